The van der Waals surface area contributed by atoms with Crippen molar-refractivity contribution in [3.8, 4) is 0 Å². The van der Waals surface area contributed by atoms with Gasteiger partial charge in [0.1, 0.15) is 0 Å². The molecule has 0 radical (unpaired) electrons. The van der Waals surface area contributed by atoms with Crippen molar-refractivity contribution in [2.24, 2.45) is 0 Å². The van der Waals surface area contributed by atoms with Gasteiger partial charge in [0.05, 0.1) is 0 Å². The number of hydrogen-bond donors (Lipinski definition) is 0. The molecule has 4 aromatic rings. The van der Waals surface area contributed by atoms with Crippen molar-refractivity contribution in [3.63, 3.8) is 0 Å². The van der Waals surface area contributed by atoms with Gasteiger partial charge in [0.25, 0.3) is 0 Å². The van der Waals surface area contributed by atoms with Crippen LogP contribution in [0.5, 0.6) is 0 Å². The summed E-state index contributed by atoms with van der Waals surface area (Å²) in [6, 6.07) is 37.7. The number of pyridine rings is 1. The number of hydrogen-bond acceptors (Lipinski definition) is 1. The Morgan fingerprint density at radius 3 is 0.962 bits per heavy atom. The minimum absolute atomic E-state index is 0. The van der Waals surface area contributed by atoms with Gasteiger partial charge in [-0.05, 0) is 23.1 Å². The molecule has 0 aliphatic carbocycles. The third-order valence-electron chi connectivity index (χ3n) is 3.97. The van der Waals surface area contributed by atoms with Gasteiger partial charge in [0, 0.05) is 12.4 Å². The Labute approximate surface area is 160 Å². The van der Waals surface area contributed by atoms with Gasteiger partial charge in [-0.2, -0.15) is 0 Å². The summed E-state index contributed by atoms with van der Waals surface area (Å²) < 4.78 is 0. The lowest BCUT2D eigenvalue weighted by molar-refractivity contribution is 1.33. The summed E-state index contributed by atoms with van der Waals surface area (Å²) in [5.74, 6) is 0. The summed E-state index contributed by atoms with van der Waals surface area (Å²) in [5.41, 5.74) is 4.00. The zero-order valence-corrected chi connectivity index (χ0v) is 14.1. The molecule has 4 rings (SSSR count). The molecule has 0 N–H and O–H groups in total. The van der Waals surface area contributed by atoms with Crippen LogP contribution in [0.15, 0.2) is 122 Å². The Morgan fingerprint density at radius 1 is 0.423 bits per heavy atom. The zero-order valence-electron chi connectivity index (χ0n) is 14.1. The molecule has 0 aliphatic rings. The summed E-state index contributed by atoms with van der Waals surface area (Å²) in [5, 5.41) is 0. The Bertz CT molecular complexity index is 719. The van der Waals surface area contributed by atoms with Gasteiger partial charge in [-0.25, -0.2) is 0 Å². The van der Waals surface area contributed by atoms with Crippen LogP contribution in [0.4, 0.5) is 0 Å². The molecule has 128 valence electrons. The average Bonchev–Trinajstić information content (AvgIpc) is 2.72. The molecule has 0 aliphatic heterocycles. The molecule has 1 nitrogen and oxygen atoms in total. The smallest absolute Gasteiger partial charge is 0.241 e. The topological polar surface area (TPSA) is 12.9 Å². The molecule has 1 aromatic heterocycles. The first-order valence-electron chi connectivity index (χ1n) is 8.45. The maximum atomic E-state index is 3.78. The molecule has 0 saturated heterocycles. The fraction of sp³-hybridized carbons (Fsp3) is 0. The monoisotopic (exact) mass is 353 g/mol. The quantitative estimate of drug-likeness (QED) is 0.512. The predicted octanol–water partition coefficient (Wildman–Crippen LogP) is 1.83. The molecule has 0 amide bonds. The van der Waals surface area contributed by atoms with Crippen LogP contribution in [0, 0.1) is 0 Å². The van der Waals surface area contributed by atoms with E-state index in [-0.39, 0.29) is 11.0 Å². The lowest BCUT2D eigenvalue weighted by atomic mass is 9.37. The second kappa shape index (κ2) is 10.9. The lowest BCUT2D eigenvalue weighted by Gasteiger charge is -2.15. The van der Waals surface area contributed by atoms with Gasteiger partial charge in [-0.15, -0.1) is 0 Å². The third kappa shape index (κ3) is 5.57. The highest BCUT2D eigenvalue weighted by molar-refractivity contribution is 6.95. The zero-order chi connectivity index (χ0) is 17.2. The molecule has 3 heteroatoms. The van der Waals surface area contributed by atoms with Crippen molar-refractivity contribution < 1.29 is 0 Å². The van der Waals surface area contributed by atoms with E-state index in [1.807, 2.05) is 18.2 Å². The third-order valence-corrected chi connectivity index (χ3v) is 3.97. The van der Waals surface area contributed by atoms with Crippen molar-refractivity contribution in [3.05, 3.63) is 122 Å². The Morgan fingerprint density at radius 2 is 0.731 bits per heavy atom. The van der Waals surface area contributed by atoms with Crippen LogP contribution in [-0.4, -0.2) is 22.7 Å². The molecule has 0 bridgehead atoms. The van der Waals surface area contributed by atoms with Crippen LogP contribution in [0.25, 0.3) is 0 Å². The minimum atomic E-state index is 0. The van der Waals surface area contributed by atoms with E-state index < -0.39 is 0 Å². The highest BCUT2D eigenvalue weighted by atomic mass is 28.1. The Kier molecular flexibility index (Phi) is 8.11. The second-order valence-corrected chi connectivity index (χ2v) is 5.69. The van der Waals surface area contributed by atoms with E-state index in [1.54, 1.807) is 12.4 Å². The fourth-order valence-electron chi connectivity index (χ4n) is 2.83. The van der Waals surface area contributed by atoms with Gasteiger partial charge in [-0.1, -0.05) is 113 Å². The lowest BCUT2D eigenvalue weighted by Crippen LogP contribution is -2.51. The van der Waals surface area contributed by atoms with E-state index >= 15 is 0 Å². The summed E-state index contributed by atoms with van der Waals surface area (Å²) in [4.78, 5) is 3.78. The van der Waals surface area contributed by atoms with Gasteiger partial charge in [-0.3, -0.25) is 4.98 Å². The molecule has 0 atom stereocenters. The maximum absolute atomic E-state index is 3.78. The number of aromatic nitrogens is 1. The van der Waals surface area contributed by atoms with Gasteiger partial charge in [0.2, 0.25) is 6.71 Å². The van der Waals surface area contributed by atoms with Crippen LogP contribution >= 0.6 is 0 Å². The first-order valence-corrected chi connectivity index (χ1v) is 8.45. The van der Waals surface area contributed by atoms with Crippen molar-refractivity contribution in [1.82, 2.24) is 4.98 Å². The SMILES string of the molecule is [SiH4].c1ccc(B(c2ccccc2)c2ccccc2)cc1.c1ccncc1. The molecule has 0 spiro atoms. The van der Waals surface area contributed by atoms with Crippen molar-refractivity contribution in [2.45, 2.75) is 0 Å². The standard InChI is InChI=1S/C18H15B.C5H5N.H4Si/c1-4-10-16(11-5-1)19(17-12-6-2-7-13-17)18-14-8-3-9-15-18;1-2-4-6-5-3-1;/h1-15H;1-5H;1H4. The molecular formula is C23H24BNSi. The van der Waals surface area contributed by atoms with Gasteiger partial charge < -0.3 is 0 Å². The summed E-state index contributed by atoms with van der Waals surface area (Å²) in [6.45, 7) is 0.309. The molecule has 0 saturated carbocycles. The second-order valence-electron chi connectivity index (χ2n) is 5.69. The molecular weight excluding hydrogens is 329 g/mol. The Hall–Kier alpha value is -2.91. The molecule has 0 unspecified atom stereocenters. The van der Waals surface area contributed by atoms with E-state index in [2.05, 4.69) is 96.0 Å². The fourth-order valence-corrected chi connectivity index (χ4v) is 2.83. The molecule has 0 fully saturated rings. The number of nitrogens with zero attached hydrogens (tertiary/aromatic N) is 1. The van der Waals surface area contributed by atoms with Crippen molar-refractivity contribution >= 4 is 34.1 Å². The highest BCUT2D eigenvalue weighted by Gasteiger charge is 2.20. The van der Waals surface area contributed by atoms with Crippen LogP contribution in [0.3, 0.4) is 0 Å². The summed E-state index contributed by atoms with van der Waals surface area (Å²) >= 11 is 0. The average molecular weight is 353 g/mol. The van der Waals surface area contributed by atoms with Crippen LogP contribution in [-0.2, 0) is 0 Å². The highest BCUT2D eigenvalue weighted by Crippen LogP contribution is 1.95. The molecule has 1 heterocycles. The number of benzene rings is 3. The maximum Gasteiger partial charge on any atom is 0.241 e. The van der Waals surface area contributed by atoms with Crippen LogP contribution in [0.1, 0.15) is 0 Å². The minimum Gasteiger partial charge on any atom is -0.265 e. The molecule has 3 aromatic carbocycles. The van der Waals surface area contributed by atoms with Gasteiger partial charge >= 0.3 is 0 Å². The first-order chi connectivity index (χ1) is 12.4. The van der Waals surface area contributed by atoms with Gasteiger partial charge in [0.15, 0.2) is 0 Å². The van der Waals surface area contributed by atoms with E-state index in [0.29, 0.717) is 6.71 Å². The normalized spacial score (nSPS) is 9.23. The number of rotatable bonds is 3. The van der Waals surface area contributed by atoms with Crippen molar-refractivity contribution in [1.29, 1.82) is 0 Å². The first kappa shape index (κ1) is 19.4. The summed E-state index contributed by atoms with van der Waals surface area (Å²) in [6.07, 6.45) is 3.50. The predicted molar refractivity (Wildman–Crippen MR) is 120 cm³/mol. The Balaban J connectivity index is 0.000000297. The van der Waals surface area contributed by atoms with Crippen LogP contribution < -0.4 is 16.4 Å². The van der Waals surface area contributed by atoms with E-state index in [4.69, 9.17) is 0 Å². The van der Waals surface area contributed by atoms with Crippen molar-refractivity contribution in [2.75, 3.05) is 0 Å². The molecule has 26 heavy (non-hydrogen) atoms. The van der Waals surface area contributed by atoms with E-state index in [1.165, 1.54) is 16.4 Å². The van der Waals surface area contributed by atoms with E-state index in [0.717, 1.165) is 0 Å². The van der Waals surface area contributed by atoms with E-state index in [9.17, 15) is 0 Å². The largest absolute Gasteiger partial charge is 0.265 e. The summed E-state index contributed by atoms with van der Waals surface area (Å²) in [7, 11) is 0. The van der Waals surface area contributed by atoms with Crippen LogP contribution in [0.2, 0.25) is 0 Å².